The van der Waals surface area contributed by atoms with Crippen LogP contribution in [0.3, 0.4) is 0 Å². The number of carbonyl (C=O) groups is 2. The van der Waals surface area contributed by atoms with Crippen molar-refractivity contribution < 1.29 is 14.3 Å². The van der Waals surface area contributed by atoms with Gasteiger partial charge < -0.3 is 20.7 Å². The Labute approximate surface area is 155 Å². The molecule has 3 atom stereocenters. The van der Waals surface area contributed by atoms with Crippen LogP contribution in [-0.2, 0) is 4.79 Å². The molecule has 26 heavy (non-hydrogen) atoms. The highest BCUT2D eigenvalue weighted by atomic mass is 32.1. The summed E-state index contributed by atoms with van der Waals surface area (Å²) in [4.78, 5) is 27.6. The molecule has 2 fully saturated rings. The Morgan fingerprint density at radius 2 is 2.08 bits per heavy atom. The first-order valence-corrected chi connectivity index (χ1v) is 9.47. The quantitative estimate of drug-likeness (QED) is 0.750. The second kappa shape index (κ2) is 7.05. The van der Waals surface area contributed by atoms with Gasteiger partial charge in [0.2, 0.25) is 11.0 Å². The first-order valence-electron chi connectivity index (χ1n) is 8.65. The molecule has 1 aromatic heterocycles. The summed E-state index contributed by atoms with van der Waals surface area (Å²) < 4.78 is 5.74. The molecule has 3 N–H and O–H groups in total. The molecule has 2 amide bonds. The summed E-state index contributed by atoms with van der Waals surface area (Å²) in [7, 11) is 0. The SMILES string of the molecule is CC(=O)Nc1ccc(Oc2cnc(C(=O)NC3CC4CCC3N4)s2)cc1. The number of thiazole rings is 1. The summed E-state index contributed by atoms with van der Waals surface area (Å²) in [5.41, 5.74) is 0.702. The molecule has 1 aromatic carbocycles. The van der Waals surface area contributed by atoms with E-state index in [2.05, 4.69) is 20.9 Å². The lowest BCUT2D eigenvalue weighted by Crippen LogP contribution is -2.42. The van der Waals surface area contributed by atoms with E-state index >= 15 is 0 Å². The summed E-state index contributed by atoms with van der Waals surface area (Å²) in [6, 6.07) is 8.15. The van der Waals surface area contributed by atoms with Crippen LogP contribution in [0.15, 0.2) is 30.5 Å². The van der Waals surface area contributed by atoms with Gasteiger partial charge in [-0.2, -0.15) is 0 Å². The zero-order valence-corrected chi connectivity index (χ0v) is 15.1. The Morgan fingerprint density at radius 3 is 2.73 bits per heavy atom. The van der Waals surface area contributed by atoms with Crippen LogP contribution in [0.25, 0.3) is 0 Å². The molecule has 0 aliphatic carbocycles. The van der Waals surface area contributed by atoms with Crippen LogP contribution >= 0.6 is 11.3 Å². The van der Waals surface area contributed by atoms with Gasteiger partial charge >= 0.3 is 0 Å². The van der Waals surface area contributed by atoms with E-state index in [1.807, 2.05) is 0 Å². The Balaban J connectivity index is 1.35. The highest BCUT2D eigenvalue weighted by molar-refractivity contribution is 7.15. The number of ether oxygens (including phenoxy) is 1. The van der Waals surface area contributed by atoms with E-state index in [1.54, 1.807) is 30.5 Å². The van der Waals surface area contributed by atoms with Crippen LogP contribution < -0.4 is 20.7 Å². The number of hydrogen-bond acceptors (Lipinski definition) is 6. The van der Waals surface area contributed by atoms with E-state index in [-0.39, 0.29) is 17.9 Å². The zero-order chi connectivity index (χ0) is 18.1. The van der Waals surface area contributed by atoms with Crippen LogP contribution in [0.1, 0.15) is 36.0 Å². The lowest BCUT2D eigenvalue weighted by atomic mass is 9.95. The number of amides is 2. The third-order valence-corrected chi connectivity index (χ3v) is 5.56. The number of fused-ring (bicyclic) bond motifs is 2. The number of nitrogens with zero attached hydrogens (tertiary/aromatic N) is 1. The first-order chi connectivity index (χ1) is 12.6. The molecule has 136 valence electrons. The van der Waals surface area contributed by atoms with Gasteiger partial charge in [0.1, 0.15) is 5.75 Å². The van der Waals surface area contributed by atoms with Crippen molar-refractivity contribution in [3.8, 4) is 10.8 Å². The van der Waals surface area contributed by atoms with Crippen LogP contribution in [0, 0.1) is 0 Å². The van der Waals surface area contributed by atoms with Crippen molar-refractivity contribution in [2.24, 2.45) is 0 Å². The molecular weight excluding hydrogens is 352 g/mol. The predicted molar refractivity (Wildman–Crippen MR) is 98.8 cm³/mol. The van der Waals surface area contributed by atoms with Crippen LogP contribution in [0.5, 0.6) is 10.8 Å². The van der Waals surface area contributed by atoms with E-state index in [0.29, 0.717) is 33.6 Å². The van der Waals surface area contributed by atoms with Crippen molar-refractivity contribution in [1.82, 2.24) is 15.6 Å². The number of nitrogens with one attached hydrogen (secondary N) is 3. The molecule has 8 heteroatoms. The number of rotatable bonds is 5. The minimum absolute atomic E-state index is 0.123. The van der Waals surface area contributed by atoms with Crippen molar-refractivity contribution in [1.29, 1.82) is 0 Å². The number of hydrogen-bond donors (Lipinski definition) is 3. The highest BCUT2D eigenvalue weighted by Gasteiger charge is 2.39. The molecule has 2 aliphatic rings. The van der Waals surface area contributed by atoms with Crippen molar-refractivity contribution >= 4 is 28.8 Å². The second-order valence-corrected chi connectivity index (χ2v) is 7.65. The minimum atomic E-state index is -0.148. The van der Waals surface area contributed by atoms with Gasteiger partial charge in [0.25, 0.3) is 5.91 Å². The third kappa shape index (κ3) is 3.71. The molecule has 2 aliphatic heterocycles. The van der Waals surface area contributed by atoms with Gasteiger partial charge in [-0.3, -0.25) is 9.59 Å². The van der Waals surface area contributed by atoms with Crippen molar-refractivity contribution in [3.63, 3.8) is 0 Å². The van der Waals surface area contributed by atoms with Crippen LogP contribution in [0.2, 0.25) is 0 Å². The minimum Gasteiger partial charge on any atom is -0.445 e. The average Bonchev–Trinajstić information content (AvgIpc) is 3.33. The van der Waals surface area contributed by atoms with Crippen molar-refractivity contribution in [2.45, 2.75) is 44.3 Å². The molecule has 3 heterocycles. The summed E-state index contributed by atoms with van der Waals surface area (Å²) in [6.07, 6.45) is 4.87. The van der Waals surface area contributed by atoms with Crippen LogP contribution in [-0.4, -0.2) is 34.9 Å². The Morgan fingerprint density at radius 1 is 1.27 bits per heavy atom. The summed E-state index contributed by atoms with van der Waals surface area (Å²) in [5, 5.41) is 10.2. The van der Waals surface area contributed by atoms with E-state index in [4.69, 9.17) is 4.74 Å². The van der Waals surface area contributed by atoms with Gasteiger partial charge in [0.05, 0.1) is 6.20 Å². The molecule has 2 saturated heterocycles. The summed E-state index contributed by atoms with van der Waals surface area (Å²) in [5.74, 6) is 0.347. The van der Waals surface area contributed by atoms with Gasteiger partial charge in [-0.05, 0) is 43.5 Å². The monoisotopic (exact) mass is 372 g/mol. The van der Waals surface area contributed by atoms with Crippen LogP contribution in [0.4, 0.5) is 5.69 Å². The third-order valence-electron chi connectivity index (χ3n) is 4.69. The fraction of sp³-hybridized carbons (Fsp3) is 0.389. The van der Waals surface area contributed by atoms with E-state index in [1.165, 1.54) is 24.7 Å². The molecular formula is C18H20N4O3S. The van der Waals surface area contributed by atoms with Gasteiger partial charge in [-0.25, -0.2) is 4.98 Å². The predicted octanol–water partition coefficient (Wildman–Crippen LogP) is 2.52. The molecule has 0 saturated carbocycles. The Hall–Kier alpha value is -2.45. The zero-order valence-electron chi connectivity index (χ0n) is 14.3. The molecule has 4 rings (SSSR count). The topological polar surface area (TPSA) is 92.3 Å². The molecule has 3 unspecified atom stereocenters. The first kappa shape index (κ1) is 17.0. The lowest BCUT2D eigenvalue weighted by Gasteiger charge is -2.20. The lowest BCUT2D eigenvalue weighted by molar-refractivity contribution is -0.114. The van der Waals surface area contributed by atoms with Gasteiger partial charge in [0.15, 0.2) is 5.01 Å². The van der Waals surface area contributed by atoms with Crippen molar-refractivity contribution in [2.75, 3.05) is 5.32 Å². The average molecular weight is 372 g/mol. The number of aromatic nitrogens is 1. The van der Waals surface area contributed by atoms with Gasteiger partial charge in [0, 0.05) is 30.7 Å². The fourth-order valence-electron chi connectivity index (χ4n) is 3.55. The molecule has 0 radical (unpaired) electrons. The van der Waals surface area contributed by atoms with Gasteiger partial charge in [-0.15, -0.1) is 0 Å². The number of anilines is 1. The fourth-order valence-corrected chi connectivity index (χ4v) is 4.24. The Bertz CT molecular complexity index is 820. The number of carbonyl (C=O) groups excluding carboxylic acids is 2. The normalized spacial score (nSPS) is 23.7. The van der Waals surface area contributed by atoms with E-state index in [0.717, 1.165) is 12.8 Å². The van der Waals surface area contributed by atoms with E-state index in [9.17, 15) is 9.59 Å². The maximum absolute atomic E-state index is 12.4. The number of benzene rings is 1. The van der Waals surface area contributed by atoms with E-state index < -0.39 is 0 Å². The Kier molecular flexibility index (Phi) is 4.60. The molecule has 7 nitrogen and oxygen atoms in total. The molecule has 2 aromatic rings. The largest absolute Gasteiger partial charge is 0.445 e. The van der Waals surface area contributed by atoms with Crippen molar-refractivity contribution in [3.05, 3.63) is 35.5 Å². The highest BCUT2D eigenvalue weighted by Crippen LogP contribution is 2.30. The van der Waals surface area contributed by atoms with Gasteiger partial charge in [-0.1, -0.05) is 11.3 Å². The smallest absolute Gasteiger partial charge is 0.280 e. The summed E-state index contributed by atoms with van der Waals surface area (Å²) in [6.45, 7) is 1.46. The maximum Gasteiger partial charge on any atom is 0.280 e. The molecule has 0 spiro atoms. The molecule has 2 bridgehead atoms. The second-order valence-electron chi connectivity index (χ2n) is 6.66. The standard InChI is InChI=1S/C18H20N4O3S/c1-10(23)20-11-2-5-13(6-3-11)25-16-9-19-18(26-16)17(24)22-15-8-12-4-7-14(15)21-12/h2-3,5-6,9,12,14-15,21H,4,7-8H2,1H3,(H,20,23)(H,22,24). The maximum atomic E-state index is 12.4. The summed E-state index contributed by atoms with van der Waals surface area (Å²) >= 11 is 1.22.